The summed E-state index contributed by atoms with van der Waals surface area (Å²) in [6, 6.07) is 18.5. The minimum atomic E-state index is 0.463. The predicted octanol–water partition coefficient (Wildman–Crippen LogP) is 5.00. The molecule has 0 aliphatic heterocycles. The molecular formula is C18H19NO. The molecule has 2 nitrogen and oxygen atoms in total. The van der Waals surface area contributed by atoms with Gasteiger partial charge in [0.25, 0.3) is 0 Å². The van der Waals surface area contributed by atoms with Gasteiger partial charge in [-0.05, 0) is 55.7 Å². The molecule has 0 fully saturated rings. The molecule has 1 aliphatic carbocycles. The highest BCUT2D eigenvalue weighted by atomic mass is 16.5. The van der Waals surface area contributed by atoms with Crippen LogP contribution in [0.2, 0.25) is 0 Å². The molecule has 2 heteroatoms. The summed E-state index contributed by atoms with van der Waals surface area (Å²) in [6.45, 7) is 0. The first-order valence-corrected chi connectivity index (χ1v) is 7.16. The second-order valence-electron chi connectivity index (χ2n) is 5.05. The van der Waals surface area contributed by atoms with Crippen molar-refractivity contribution in [2.24, 2.45) is 0 Å². The van der Waals surface area contributed by atoms with Gasteiger partial charge in [-0.3, -0.25) is 0 Å². The van der Waals surface area contributed by atoms with Crippen LogP contribution >= 0.6 is 0 Å². The Morgan fingerprint density at radius 1 is 0.900 bits per heavy atom. The summed E-state index contributed by atoms with van der Waals surface area (Å²) >= 11 is 0. The predicted molar refractivity (Wildman–Crippen MR) is 83.4 cm³/mol. The maximum atomic E-state index is 5.78. The second kappa shape index (κ2) is 6.29. The first kappa shape index (κ1) is 12.8. The maximum absolute atomic E-state index is 5.78. The lowest BCUT2D eigenvalue weighted by molar-refractivity contribution is 0.483. The lowest BCUT2D eigenvalue weighted by Crippen LogP contribution is -2.18. The topological polar surface area (TPSA) is 21.3 Å². The first-order valence-electron chi connectivity index (χ1n) is 7.16. The fourth-order valence-electron chi connectivity index (χ4n) is 2.39. The number of hydrogen-bond donors (Lipinski definition) is 1. The highest BCUT2D eigenvalue weighted by Crippen LogP contribution is 2.23. The van der Waals surface area contributed by atoms with Crippen molar-refractivity contribution >= 4 is 5.69 Å². The molecule has 1 N–H and O–H groups in total. The van der Waals surface area contributed by atoms with Crippen molar-refractivity contribution in [3.8, 4) is 11.5 Å². The molecule has 1 aliphatic rings. The van der Waals surface area contributed by atoms with Crippen molar-refractivity contribution in [2.75, 3.05) is 5.32 Å². The number of para-hydroxylation sites is 1. The van der Waals surface area contributed by atoms with Crippen molar-refractivity contribution in [3.05, 3.63) is 66.7 Å². The van der Waals surface area contributed by atoms with Crippen molar-refractivity contribution in [2.45, 2.75) is 25.3 Å². The third-order valence-corrected chi connectivity index (χ3v) is 3.44. The number of hydrogen-bond acceptors (Lipinski definition) is 2. The van der Waals surface area contributed by atoms with Crippen molar-refractivity contribution in [1.29, 1.82) is 0 Å². The minimum absolute atomic E-state index is 0.463. The van der Waals surface area contributed by atoms with Gasteiger partial charge in [0.15, 0.2) is 0 Å². The summed E-state index contributed by atoms with van der Waals surface area (Å²) < 4.78 is 5.78. The van der Waals surface area contributed by atoms with Crippen LogP contribution in [0.5, 0.6) is 11.5 Å². The molecule has 0 aromatic heterocycles. The smallest absolute Gasteiger partial charge is 0.127 e. The van der Waals surface area contributed by atoms with Crippen LogP contribution in [0, 0.1) is 0 Å². The average Bonchev–Trinajstić information content (AvgIpc) is 2.51. The van der Waals surface area contributed by atoms with Crippen LogP contribution in [0.4, 0.5) is 5.69 Å². The van der Waals surface area contributed by atoms with Gasteiger partial charge in [0.05, 0.1) is 0 Å². The molecule has 20 heavy (non-hydrogen) atoms. The van der Waals surface area contributed by atoms with Crippen LogP contribution in [-0.2, 0) is 0 Å². The molecular weight excluding hydrogens is 246 g/mol. The zero-order valence-corrected chi connectivity index (χ0v) is 11.5. The summed E-state index contributed by atoms with van der Waals surface area (Å²) in [7, 11) is 0. The molecule has 0 bridgehead atoms. The van der Waals surface area contributed by atoms with Gasteiger partial charge in [0.1, 0.15) is 11.5 Å². The molecule has 0 amide bonds. The Morgan fingerprint density at radius 3 is 2.35 bits per heavy atom. The second-order valence-corrected chi connectivity index (χ2v) is 5.05. The van der Waals surface area contributed by atoms with Gasteiger partial charge < -0.3 is 10.1 Å². The Labute approximate surface area is 120 Å². The van der Waals surface area contributed by atoms with Gasteiger partial charge in [0.2, 0.25) is 0 Å². The van der Waals surface area contributed by atoms with Crippen LogP contribution in [0.3, 0.4) is 0 Å². The third-order valence-electron chi connectivity index (χ3n) is 3.44. The molecule has 3 rings (SSSR count). The summed E-state index contributed by atoms with van der Waals surface area (Å²) in [5, 5.41) is 3.53. The van der Waals surface area contributed by atoms with Gasteiger partial charge in [-0.1, -0.05) is 30.4 Å². The quantitative estimate of drug-likeness (QED) is 0.785. The SMILES string of the molecule is C1=CC(Nc2ccc(Oc3ccccc3)cc2)CCC1. The molecule has 102 valence electrons. The average molecular weight is 265 g/mol. The van der Waals surface area contributed by atoms with Crippen LogP contribution in [-0.4, -0.2) is 6.04 Å². The zero-order valence-electron chi connectivity index (χ0n) is 11.5. The molecule has 0 saturated heterocycles. The molecule has 2 aromatic rings. The lowest BCUT2D eigenvalue weighted by atomic mass is 10.0. The molecule has 0 spiro atoms. The Hall–Kier alpha value is -2.22. The normalized spacial score (nSPS) is 17.7. The fourth-order valence-corrected chi connectivity index (χ4v) is 2.39. The number of benzene rings is 2. The van der Waals surface area contributed by atoms with Gasteiger partial charge in [-0.15, -0.1) is 0 Å². The number of rotatable bonds is 4. The van der Waals surface area contributed by atoms with E-state index >= 15 is 0 Å². The largest absolute Gasteiger partial charge is 0.457 e. The Morgan fingerprint density at radius 2 is 1.65 bits per heavy atom. The highest BCUT2D eigenvalue weighted by molar-refractivity contribution is 5.48. The highest BCUT2D eigenvalue weighted by Gasteiger charge is 2.07. The maximum Gasteiger partial charge on any atom is 0.127 e. The number of anilines is 1. The Balaban J connectivity index is 1.62. The molecule has 0 heterocycles. The van der Waals surface area contributed by atoms with Gasteiger partial charge >= 0.3 is 0 Å². The summed E-state index contributed by atoms with van der Waals surface area (Å²) in [6.07, 6.45) is 8.20. The van der Waals surface area contributed by atoms with E-state index in [0.717, 1.165) is 17.2 Å². The Bertz CT molecular complexity index is 560. The first-order chi connectivity index (χ1) is 9.90. The van der Waals surface area contributed by atoms with Crippen molar-refractivity contribution in [1.82, 2.24) is 0 Å². The van der Waals surface area contributed by atoms with E-state index in [4.69, 9.17) is 4.74 Å². The van der Waals surface area contributed by atoms with E-state index in [1.54, 1.807) is 0 Å². The lowest BCUT2D eigenvalue weighted by Gasteiger charge is -2.19. The monoisotopic (exact) mass is 265 g/mol. The van der Waals surface area contributed by atoms with E-state index in [9.17, 15) is 0 Å². The van der Waals surface area contributed by atoms with E-state index < -0.39 is 0 Å². The van der Waals surface area contributed by atoms with Crippen molar-refractivity contribution in [3.63, 3.8) is 0 Å². The van der Waals surface area contributed by atoms with E-state index in [0.29, 0.717) is 6.04 Å². The zero-order chi connectivity index (χ0) is 13.6. The standard InChI is InChI=1S/C18H19NO/c1-3-7-15(8-4-1)19-16-11-13-18(14-12-16)20-17-9-5-2-6-10-17/h2-3,5-7,9-15,19H,1,4,8H2. The van der Waals surface area contributed by atoms with Crippen molar-refractivity contribution < 1.29 is 4.74 Å². The number of allylic oxidation sites excluding steroid dienone is 1. The molecule has 1 atom stereocenters. The van der Waals surface area contributed by atoms with E-state index in [1.165, 1.54) is 19.3 Å². The van der Waals surface area contributed by atoms with Crippen LogP contribution in [0.1, 0.15) is 19.3 Å². The minimum Gasteiger partial charge on any atom is -0.457 e. The summed E-state index contributed by atoms with van der Waals surface area (Å²) in [5.74, 6) is 1.73. The van der Waals surface area contributed by atoms with Gasteiger partial charge in [-0.25, -0.2) is 0 Å². The van der Waals surface area contributed by atoms with Crippen LogP contribution in [0.25, 0.3) is 0 Å². The van der Waals surface area contributed by atoms with E-state index in [1.807, 2.05) is 42.5 Å². The molecule has 0 radical (unpaired) electrons. The van der Waals surface area contributed by atoms with Crippen LogP contribution in [0.15, 0.2) is 66.7 Å². The van der Waals surface area contributed by atoms with Gasteiger partial charge in [-0.2, -0.15) is 0 Å². The Kier molecular flexibility index (Phi) is 4.02. The van der Waals surface area contributed by atoms with E-state index in [2.05, 4.69) is 29.6 Å². The fraction of sp³-hybridized carbons (Fsp3) is 0.222. The molecule has 0 saturated carbocycles. The molecule has 1 unspecified atom stereocenters. The number of ether oxygens (including phenoxy) is 1. The van der Waals surface area contributed by atoms with Gasteiger partial charge in [0, 0.05) is 11.7 Å². The number of nitrogens with one attached hydrogen (secondary N) is 1. The summed E-state index contributed by atoms with van der Waals surface area (Å²) in [4.78, 5) is 0. The van der Waals surface area contributed by atoms with Crippen LogP contribution < -0.4 is 10.1 Å². The molecule has 2 aromatic carbocycles. The van der Waals surface area contributed by atoms with E-state index in [-0.39, 0.29) is 0 Å². The third kappa shape index (κ3) is 3.41. The summed E-state index contributed by atoms with van der Waals surface area (Å²) in [5.41, 5.74) is 1.14.